The normalized spacial score (nSPS) is 11.8. The van der Waals surface area contributed by atoms with E-state index < -0.39 is 18.0 Å². The van der Waals surface area contributed by atoms with Gasteiger partial charge in [0.25, 0.3) is 0 Å². The molecule has 1 unspecified atom stereocenters. The maximum absolute atomic E-state index is 12.5. The SMILES string of the molecule is O=C(CC(C(=O)O)N(Cc1ccccc1)Cc1ccccc1)OCc1ccc(Cl)cc1. The molecule has 0 aliphatic carbocycles. The van der Waals surface area contributed by atoms with Gasteiger partial charge in [-0.2, -0.15) is 0 Å². The summed E-state index contributed by atoms with van der Waals surface area (Å²) in [6.45, 7) is 0.869. The van der Waals surface area contributed by atoms with Gasteiger partial charge in [-0.05, 0) is 28.8 Å². The third-order valence-corrected chi connectivity index (χ3v) is 5.11. The number of hydrogen-bond donors (Lipinski definition) is 1. The van der Waals surface area contributed by atoms with Crippen LogP contribution in [0, 0.1) is 0 Å². The van der Waals surface area contributed by atoms with Crippen LogP contribution >= 0.6 is 11.6 Å². The highest BCUT2D eigenvalue weighted by Crippen LogP contribution is 2.17. The number of esters is 1. The van der Waals surface area contributed by atoms with Crippen molar-refractivity contribution >= 4 is 23.5 Å². The van der Waals surface area contributed by atoms with E-state index in [0.29, 0.717) is 18.1 Å². The summed E-state index contributed by atoms with van der Waals surface area (Å²) in [5.41, 5.74) is 2.73. The Bertz CT molecular complexity index is 936. The lowest BCUT2D eigenvalue weighted by molar-refractivity contribution is -0.154. The Morgan fingerprint density at radius 2 is 1.32 bits per heavy atom. The third-order valence-electron chi connectivity index (χ3n) is 4.86. The van der Waals surface area contributed by atoms with Crippen LogP contribution < -0.4 is 0 Å². The number of aliphatic carboxylic acids is 1. The highest BCUT2D eigenvalue weighted by atomic mass is 35.5. The van der Waals surface area contributed by atoms with Crippen LogP contribution in [0.4, 0.5) is 0 Å². The molecule has 0 aromatic heterocycles. The molecule has 0 fully saturated rings. The van der Waals surface area contributed by atoms with E-state index in [1.165, 1.54) is 0 Å². The maximum atomic E-state index is 12.5. The molecule has 3 aromatic rings. The van der Waals surface area contributed by atoms with Crippen molar-refractivity contribution in [3.05, 3.63) is 107 Å². The minimum Gasteiger partial charge on any atom is -0.480 e. The molecule has 0 radical (unpaired) electrons. The second-order valence-corrected chi connectivity index (χ2v) is 7.66. The number of nitrogens with zero attached hydrogens (tertiary/aromatic N) is 1. The van der Waals surface area contributed by atoms with Crippen LogP contribution in [0.2, 0.25) is 5.02 Å². The molecule has 6 heteroatoms. The van der Waals surface area contributed by atoms with E-state index in [-0.39, 0.29) is 13.0 Å². The molecule has 3 rings (SSSR count). The van der Waals surface area contributed by atoms with Gasteiger partial charge in [0, 0.05) is 18.1 Å². The second kappa shape index (κ2) is 11.3. The van der Waals surface area contributed by atoms with Crippen LogP contribution in [-0.4, -0.2) is 28.0 Å². The lowest BCUT2D eigenvalue weighted by Crippen LogP contribution is -2.42. The molecule has 0 aliphatic heterocycles. The van der Waals surface area contributed by atoms with Crippen molar-refractivity contribution in [1.29, 1.82) is 0 Å². The molecule has 5 nitrogen and oxygen atoms in total. The fraction of sp³-hybridized carbons (Fsp3) is 0.200. The lowest BCUT2D eigenvalue weighted by atomic mass is 10.1. The molecule has 3 aromatic carbocycles. The van der Waals surface area contributed by atoms with Crippen molar-refractivity contribution in [2.75, 3.05) is 0 Å². The van der Waals surface area contributed by atoms with Crippen LogP contribution in [0.5, 0.6) is 0 Å². The van der Waals surface area contributed by atoms with Crippen LogP contribution in [-0.2, 0) is 34.0 Å². The summed E-state index contributed by atoms with van der Waals surface area (Å²) in [7, 11) is 0. The van der Waals surface area contributed by atoms with Crippen molar-refractivity contribution in [2.45, 2.75) is 32.2 Å². The molecule has 1 atom stereocenters. The summed E-state index contributed by atoms with van der Waals surface area (Å²) in [4.78, 5) is 26.4. The number of rotatable bonds is 10. The van der Waals surface area contributed by atoms with Gasteiger partial charge in [0.1, 0.15) is 12.6 Å². The first-order chi connectivity index (χ1) is 15.0. The van der Waals surface area contributed by atoms with Gasteiger partial charge in [-0.3, -0.25) is 14.5 Å². The van der Waals surface area contributed by atoms with Crippen LogP contribution in [0.25, 0.3) is 0 Å². The number of carboxylic acids is 1. The molecule has 160 valence electrons. The predicted octanol–water partition coefficient (Wildman–Crippen LogP) is 4.93. The van der Waals surface area contributed by atoms with Crippen LogP contribution in [0.3, 0.4) is 0 Å². The Kier molecular flexibility index (Phi) is 8.21. The minimum atomic E-state index is -1.06. The lowest BCUT2D eigenvalue weighted by Gasteiger charge is -2.28. The van der Waals surface area contributed by atoms with Crippen molar-refractivity contribution in [3.63, 3.8) is 0 Å². The van der Waals surface area contributed by atoms with Crippen molar-refractivity contribution in [3.8, 4) is 0 Å². The maximum Gasteiger partial charge on any atom is 0.321 e. The van der Waals surface area contributed by atoms with Crippen LogP contribution in [0.15, 0.2) is 84.9 Å². The summed E-state index contributed by atoms with van der Waals surface area (Å²) in [5.74, 6) is -1.62. The molecule has 0 bridgehead atoms. The van der Waals surface area contributed by atoms with E-state index in [2.05, 4.69) is 0 Å². The second-order valence-electron chi connectivity index (χ2n) is 7.22. The van der Waals surface area contributed by atoms with E-state index in [4.69, 9.17) is 16.3 Å². The predicted molar refractivity (Wildman–Crippen MR) is 119 cm³/mol. The van der Waals surface area contributed by atoms with Gasteiger partial charge in [0.05, 0.1) is 6.42 Å². The third kappa shape index (κ3) is 7.24. The number of halogens is 1. The number of benzene rings is 3. The Hall–Kier alpha value is -3.15. The number of carbonyl (C=O) groups is 2. The standard InChI is InChI=1S/C25H24ClNO4/c26-22-13-11-21(12-14-22)18-31-24(28)15-23(25(29)30)27(16-19-7-3-1-4-8-19)17-20-9-5-2-6-10-20/h1-14,23H,15-18H2,(H,29,30). The van der Waals surface area contributed by atoms with Crippen molar-refractivity contribution in [2.24, 2.45) is 0 Å². The average Bonchev–Trinajstić information content (AvgIpc) is 2.78. The number of hydrogen-bond acceptors (Lipinski definition) is 4. The van der Waals surface area contributed by atoms with Gasteiger partial charge >= 0.3 is 11.9 Å². The monoisotopic (exact) mass is 437 g/mol. The van der Waals surface area contributed by atoms with Gasteiger partial charge in [0.2, 0.25) is 0 Å². The number of carbonyl (C=O) groups excluding carboxylic acids is 1. The molecule has 0 saturated carbocycles. The molecule has 0 heterocycles. The van der Waals surface area contributed by atoms with E-state index in [9.17, 15) is 14.7 Å². The van der Waals surface area contributed by atoms with Crippen LogP contribution in [0.1, 0.15) is 23.1 Å². The van der Waals surface area contributed by atoms with Gasteiger partial charge < -0.3 is 9.84 Å². The van der Waals surface area contributed by atoms with Gasteiger partial charge in [0.15, 0.2) is 0 Å². The molecule has 0 saturated heterocycles. The fourth-order valence-corrected chi connectivity index (χ4v) is 3.37. The highest BCUT2D eigenvalue weighted by molar-refractivity contribution is 6.30. The molecule has 0 aliphatic rings. The van der Waals surface area contributed by atoms with Gasteiger partial charge in [-0.1, -0.05) is 84.4 Å². The number of carboxylic acid groups (broad SMARTS) is 1. The molecule has 31 heavy (non-hydrogen) atoms. The molecular formula is C25H24ClNO4. The van der Waals surface area contributed by atoms with E-state index in [1.54, 1.807) is 29.2 Å². The first-order valence-electron chi connectivity index (χ1n) is 9.96. The zero-order chi connectivity index (χ0) is 22.1. The zero-order valence-corrected chi connectivity index (χ0v) is 17.7. The topological polar surface area (TPSA) is 66.8 Å². The molecular weight excluding hydrogens is 414 g/mol. The van der Waals surface area contributed by atoms with Crippen molar-refractivity contribution < 1.29 is 19.4 Å². The van der Waals surface area contributed by atoms with E-state index in [1.807, 2.05) is 60.7 Å². The van der Waals surface area contributed by atoms with Crippen molar-refractivity contribution in [1.82, 2.24) is 4.90 Å². The Balaban J connectivity index is 1.71. The molecule has 1 N–H and O–H groups in total. The average molecular weight is 438 g/mol. The molecule has 0 spiro atoms. The zero-order valence-electron chi connectivity index (χ0n) is 17.0. The summed E-state index contributed by atoms with van der Waals surface area (Å²) in [5, 5.41) is 10.5. The van der Waals surface area contributed by atoms with Gasteiger partial charge in [-0.25, -0.2) is 0 Å². The fourth-order valence-electron chi connectivity index (χ4n) is 3.25. The highest BCUT2D eigenvalue weighted by Gasteiger charge is 2.29. The summed E-state index contributed by atoms with van der Waals surface area (Å²) < 4.78 is 5.33. The number of ether oxygens (including phenoxy) is 1. The summed E-state index contributed by atoms with van der Waals surface area (Å²) in [6.07, 6.45) is -0.247. The Morgan fingerprint density at radius 3 is 1.81 bits per heavy atom. The first kappa shape index (κ1) is 22.5. The summed E-state index contributed by atoms with van der Waals surface area (Å²) in [6, 6.07) is 25.2. The smallest absolute Gasteiger partial charge is 0.321 e. The van der Waals surface area contributed by atoms with E-state index in [0.717, 1.165) is 16.7 Å². The Labute approximate surface area is 186 Å². The van der Waals surface area contributed by atoms with Gasteiger partial charge in [-0.15, -0.1) is 0 Å². The summed E-state index contributed by atoms with van der Waals surface area (Å²) >= 11 is 5.87. The quantitative estimate of drug-likeness (QED) is 0.455. The Morgan fingerprint density at radius 1 is 0.806 bits per heavy atom. The first-order valence-corrected chi connectivity index (χ1v) is 10.3. The molecule has 0 amide bonds. The largest absolute Gasteiger partial charge is 0.480 e. The minimum absolute atomic E-state index is 0.0692. The van der Waals surface area contributed by atoms with E-state index >= 15 is 0 Å².